The summed E-state index contributed by atoms with van der Waals surface area (Å²) in [7, 11) is 0. The molecule has 0 N–H and O–H groups in total. The van der Waals surface area contributed by atoms with Crippen molar-refractivity contribution in [2.24, 2.45) is 0 Å². The number of aromatic nitrogens is 1. The zero-order valence-electron chi connectivity index (χ0n) is 12.4. The van der Waals surface area contributed by atoms with Crippen LogP contribution in [0, 0.1) is 11.3 Å². The minimum absolute atomic E-state index is 0.560. The maximum Gasteiger partial charge on any atom is 0.147 e. The molecule has 2 heterocycles. The second-order valence-electron chi connectivity index (χ2n) is 6.04. The molecule has 1 unspecified atom stereocenters. The number of aryl methyl sites for hydroxylation is 2. The van der Waals surface area contributed by atoms with Crippen molar-refractivity contribution < 1.29 is 0 Å². The molecule has 3 rings (SSSR count). The molecule has 1 aliphatic carbocycles. The number of fused-ring (bicyclic) bond motifs is 1. The Labute approximate surface area is 121 Å². The number of pyridine rings is 1. The average molecular weight is 269 g/mol. The third-order valence-corrected chi connectivity index (χ3v) is 4.77. The summed E-state index contributed by atoms with van der Waals surface area (Å²) in [5.74, 6) is 0.958. The first-order valence-corrected chi connectivity index (χ1v) is 8.03. The van der Waals surface area contributed by atoms with Crippen LogP contribution in [0.5, 0.6) is 0 Å². The summed E-state index contributed by atoms with van der Waals surface area (Å²) in [6.07, 6.45) is 9.56. The molecule has 0 radical (unpaired) electrons. The van der Waals surface area contributed by atoms with E-state index in [1.807, 2.05) is 0 Å². The van der Waals surface area contributed by atoms with Crippen molar-refractivity contribution in [3.8, 4) is 6.07 Å². The fourth-order valence-electron chi connectivity index (χ4n) is 3.63. The van der Waals surface area contributed by atoms with Crippen molar-refractivity contribution in [3.05, 3.63) is 22.9 Å². The molecule has 0 spiro atoms. The molecule has 0 saturated carbocycles. The Kier molecular flexibility index (Phi) is 3.91. The first-order valence-electron chi connectivity index (χ1n) is 8.03. The Hall–Kier alpha value is -1.56. The third kappa shape index (κ3) is 2.40. The number of nitriles is 1. The Balaban J connectivity index is 2.01. The summed E-state index contributed by atoms with van der Waals surface area (Å²) >= 11 is 0. The zero-order chi connectivity index (χ0) is 13.9. The van der Waals surface area contributed by atoms with Gasteiger partial charge in [-0.05, 0) is 63.0 Å². The smallest absolute Gasteiger partial charge is 0.147 e. The molecule has 0 bridgehead atoms. The van der Waals surface area contributed by atoms with E-state index in [2.05, 4.69) is 24.0 Å². The van der Waals surface area contributed by atoms with E-state index in [-0.39, 0.29) is 0 Å². The van der Waals surface area contributed by atoms with E-state index in [9.17, 15) is 5.26 Å². The van der Waals surface area contributed by atoms with Gasteiger partial charge in [0.15, 0.2) is 0 Å². The molecule has 3 nitrogen and oxygen atoms in total. The average Bonchev–Trinajstić information content (AvgIpc) is 2.53. The van der Waals surface area contributed by atoms with Gasteiger partial charge in [-0.1, -0.05) is 6.92 Å². The van der Waals surface area contributed by atoms with Crippen LogP contribution < -0.4 is 4.90 Å². The lowest BCUT2D eigenvalue weighted by Crippen LogP contribution is -2.40. The molecule has 2 aliphatic rings. The predicted octanol–water partition coefficient (Wildman–Crippen LogP) is 3.60. The number of hydrogen-bond donors (Lipinski definition) is 0. The van der Waals surface area contributed by atoms with Crippen LogP contribution in [0.25, 0.3) is 0 Å². The SMILES string of the molecule is CCC1CCCCN1c1nc2c(cc1C#N)CCCC2. The minimum Gasteiger partial charge on any atom is -0.353 e. The summed E-state index contributed by atoms with van der Waals surface area (Å²) in [5, 5.41) is 9.49. The Morgan fingerprint density at radius 1 is 1.30 bits per heavy atom. The molecule has 1 aliphatic heterocycles. The van der Waals surface area contributed by atoms with Crippen LogP contribution >= 0.6 is 0 Å². The Morgan fingerprint density at radius 3 is 2.95 bits per heavy atom. The lowest BCUT2D eigenvalue weighted by atomic mass is 9.94. The van der Waals surface area contributed by atoms with Crippen molar-refractivity contribution in [2.45, 2.75) is 64.3 Å². The van der Waals surface area contributed by atoms with E-state index in [0.717, 1.165) is 37.2 Å². The molecule has 0 aromatic carbocycles. The molecule has 106 valence electrons. The van der Waals surface area contributed by atoms with Gasteiger partial charge in [0.05, 0.1) is 5.56 Å². The first-order chi connectivity index (χ1) is 9.83. The van der Waals surface area contributed by atoms with Crippen LogP contribution in [0.15, 0.2) is 6.07 Å². The molecule has 20 heavy (non-hydrogen) atoms. The van der Waals surface area contributed by atoms with Gasteiger partial charge in [0.2, 0.25) is 0 Å². The number of rotatable bonds is 2. The highest BCUT2D eigenvalue weighted by atomic mass is 15.2. The van der Waals surface area contributed by atoms with Crippen LogP contribution in [0.1, 0.15) is 62.3 Å². The molecule has 1 aromatic rings. The fourth-order valence-corrected chi connectivity index (χ4v) is 3.63. The topological polar surface area (TPSA) is 39.9 Å². The summed E-state index contributed by atoms with van der Waals surface area (Å²) in [6.45, 7) is 3.30. The maximum absolute atomic E-state index is 9.49. The van der Waals surface area contributed by atoms with Gasteiger partial charge in [0, 0.05) is 18.3 Å². The molecule has 1 aromatic heterocycles. The van der Waals surface area contributed by atoms with E-state index < -0.39 is 0 Å². The fraction of sp³-hybridized carbons (Fsp3) is 0.647. The second kappa shape index (κ2) is 5.83. The first kappa shape index (κ1) is 13.4. The third-order valence-electron chi connectivity index (χ3n) is 4.77. The largest absolute Gasteiger partial charge is 0.353 e. The summed E-state index contributed by atoms with van der Waals surface area (Å²) in [5.41, 5.74) is 3.33. The normalized spacial score (nSPS) is 22.2. The van der Waals surface area contributed by atoms with Crippen molar-refractivity contribution >= 4 is 5.82 Å². The van der Waals surface area contributed by atoms with Gasteiger partial charge in [0.25, 0.3) is 0 Å². The highest BCUT2D eigenvalue weighted by Gasteiger charge is 2.26. The van der Waals surface area contributed by atoms with Gasteiger partial charge in [-0.3, -0.25) is 0 Å². The molecular formula is C17H23N3. The number of hydrogen-bond acceptors (Lipinski definition) is 3. The lowest BCUT2D eigenvalue weighted by molar-refractivity contribution is 0.446. The van der Waals surface area contributed by atoms with Crippen LogP contribution in [-0.4, -0.2) is 17.6 Å². The van der Waals surface area contributed by atoms with Crippen LogP contribution in [0.4, 0.5) is 5.82 Å². The van der Waals surface area contributed by atoms with Gasteiger partial charge in [-0.2, -0.15) is 5.26 Å². The van der Waals surface area contributed by atoms with E-state index in [1.165, 1.54) is 43.4 Å². The lowest BCUT2D eigenvalue weighted by Gasteiger charge is -2.37. The molecule has 1 fully saturated rings. The molecule has 1 saturated heterocycles. The van der Waals surface area contributed by atoms with Crippen molar-refractivity contribution in [2.75, 3.05) is 11.4 Å². The predicted molar refractivity (Wildman–Crippen MR) is 80.9 cm³/mol. The van der Waals surface area contributed by atoms with E-state index in [4.69, 9.17) is 4.98 Å². The monoisotopic (exact) mass is 269 g/mol. The van der Waals surface area contributed by atoms with Crippen molar-refractivity contribution in [1.29, 1.82) is 5.26 Å². The van der Waals surface area contributed by atoms with Crippen molar-refractivity contribution in [3.63, 3.8) is 0 Å². The van der Waals surface area contributed by atoms with Gasteiger partial charge < -0.3 is 4.90 Å². The molecule has 3 heteroatoms. The number of anilines is 1. The highest BCUT2D eigenvalue weighted by Crippen LogP contribution is 2.31. The molecule has 1 atom stereocenters. The molecule has 0 amide bonds. The summed E-state index contributed by atoms with van der Waals surface area (Å²) < 4.78 is 0. The second-order valence-corrected chi connectivity index (χ2v) is 6.04. The quantitative estimate of drug-likeness (QED) is 0.823. The van der Waals surface area contributed by atoms with Gasteiger partial charge in [0.1, 0.15) is 11.9 Å². The van der Waals surface area contributed by atoms with E-state index in [0.29, 0.717) is 6.04 Å². The minimum atomic E-state index is 0.560. The Morgan fingerprint density at radius 2 is 2.15 bits per heavy atom. The van der Waals surface area contributed by atoms with Gasteiger partial charge >= 0.3 is 0 Å². The highest BCUT2D eigenvalue weighted by molar-refractivity contribution is 5.57. The summed E-state index contributed by atoms with van der Waals surface area (Å²) in [6, 6.07) is 5.05. The standard InChI is InChI=1S/C17H23N3/c1-2-15-8-5-6-10-20(15)17-14(12-18)11-13-7-3-4-9-16(13)19-17/h11,15H,2-10H2,1H3. The maximum atomic E-state index is 9.49. The van der Waals surface area contributed by atoms with E-state index >= 15 is 0 Å². The van der Waals surface area contributed by atoms with Gasteiger partial charge in [-0.15, -0.1) is 0 Å². The van der Waals surface area contributed by atoms with Crippen LogP contribution in [0.2, 0.25) is 0 Å². The van der Waals surface area contributed by atoms with Crippen LogP contribution in [0.3, 0.4) is 0 Å². The van der Waals surface area contributed by atoms with E-state index in [1.54, 1.807) is 0 Å². The number of piperidine rings is 1. The van der Waals surface area contributed by atoms with Crippen LogP contribution in [-0.2, 0) is 12.8 Å². The Bertz CT molecular complexity index is 530. The number of nitrogens with zero attached hydrogens (tertiary/aromatic N) is 3. The van der Waals surface area contributed by atoms with Crippen molar-refractivity contribution in [1.82, 2.24) is 4.98 Å². The summed E-state index contributed by atoms with van der Waals surface area (Å²) in [4.78, 5) is 7.31. The molecular weight excluding hydrogens is 246 g/mol. The van der Waals surface area contributed by atoms with Gasteiger partial charge in [-0.25, -0.2) is 4.98 Å². The zero-order valence-corrected chi connectivity index (χ0v) is 12.4.